The van der Waals surface area contributed by atoms with Gasteiger partial charge in [0.2, 0.25) is 0 Å². The first-order valence-electron chi connectivity index (χ1n) is 6.67. The monoisotopic (exact) mass is 424 g/mol. The Morgan fingerprint density at radius 1 is 1.32 bits per heavy atom. The Bertz CT molecular complexity index is 810. The molecule has 1 aromatic carbocycles. The number of rotatable bonds is 4. The van der Waals surface area contributed by atoms with Gasteiger partial charge in [-0.1, -0.05) is 12.1 Å². The van der Waals surface area contributed by atoms with Crippen molar-refractivity contribution < 1.29 is 9.21 Å². The third kappa shape index (κ3) is 3.38. The van der Waals surface area contributed by atoms with Gasteiger partial charge >= 0.3 is 0 Å². The van der Waals surface area contributed by atoms with E-state index in [1.165, 1.54) is 0 Å². The normalized spacial score (nSPS) is 10.6. The summed E-state index contributed by atoms with van der Waals surface area (Å²) < 4.78 is 6.65. The van der Waals surface area contributed by atoms with E-state index in [9.17, 15) is 4.79 Å². The number of halogens is 1. The molecule has 0 fully saturated rings. The van der Waals surface area contributed by atoms with E-state index in [-0.39, 0.29) is 5.91 Å². The van der Waals surface area contributed by atoms with Crippen molar-refractivity contribution in [3.05, 3.63) is 61.7 Å². The summed E-state index contributed by atoms with van der Waals surface area (Å²) in [4.78, 5) is 16.5. The molecule has 2 heterocycles. The summed E-state index contributed by atoms with van der Waals surface area (Å²) in [6.45, 7) is 2.31. The molecule has 1 N–H and O–H groups in total. The number of carbonyl (C=O) groups is 1. The molecule has 3 aromatic rings. The highest BCUT2D eigenvalue weighted by molar-refractivity contribution is 14.1. The van der Waals surface area contributed by atoms with Crippen molar-refractivity contribution in [2.45, 2.75) is 13.5 Å². The predicted octanol–water partition coefficient (Wildman–Crippen LogP) is 4.25. The lowest BCUT2D eigenvalue weighted by atomic mass is 10.2. The van der Waals surface area contributed by atoms with Crippen molar-refractivity contribution in [3.8, 4) is 11.5 Å². The number of aromatic nitrogens is 1. The number of hydrogen-bond donors (Lipinski definition) is 1. The van der Waals surface area contributed by atoms with Gasteiger partial charge < -0.3 is 9.73 Å². The third-order valence-corrected chi connectivity index (χ3v) is 4.79. The molecule has 0 atom stereocenters. The van der Waals surface area contributed by atoms with Gasteiger partial charge in [0.1, 0.15) is 11.5 Å². The maximum atomic E-state index is 12.2. The average Bonchev–Trinajstić information content (AvgIpc) is 3.14. The van der Waals surface area contributed by atoms with Crippen LogP contribution < -0.4 is 5.32 Å². The molecular formula is C16H13IN2O2S. The van der Waals surface area contributed by atoms with E-state index in [4.69, 9.17) is 4.42 Å². The second kappa shape index (κ2) is 6.62. The van der Waals surface area contributed by atoms with Crippen LogP contribution in [0.25, 0.3) is 11.5 Å². The van der Waals surface area contributed by atoms with Crippen LogP contribution in [0, 0.1) is 10.5 Å². The molecular weight excluding hydrogens is 411 g/mol. The van der Waals surface area contributed by atoms with Gasteiger partial charge in [-0.15, -0.1) is 11.3 Å². The van der Waals surface area contributed by atoms with Crippen LogP contribution in [0.15, 0.2) is 46.2 Å². The van der Waals surface area contributed by atoms with E-state index < -0.39 is 0 Å². The number of amides is 1. The number of thiazole rings is 1. The second-order valence-corrected chi connectivity index (χ2v) is 6.90. The maximum Gasteiger partial charge on any atom is 0.252 e. The number of aryl methyl sites for hydroxylation is 1. The fourth-order valence-electron chi connectivity index (χ4n) is 2.00. The Morgan fingerprint density at radius 3 is 2.86 bits per heavy atom. The van der Waals surface area contributed by atoms with Gasteiger partial charge in [0.25, 0.3) is 5.91 Å². The number of nitrogens with zero attached hydrogens (tertiary/aromatic N) is 1. The van der Waals surface area contributed by atoms with Gasteiger partial charge in [0.15, 0.2) is 5.76 Å². The smallest absolute Gasteiger partial charge is 0.252 e. The molecule has 0 saturated carbocycles. The van der Waals surface area contributed by atoms with Crippen LogP contribution in [0.3, 0.4) is 0 Å². The first-order valence-corrected chi connectivity index (χ1v) is 8.63. The first kappa shape index (κ1) is 15.2. The Hall–Kier alpha value is -1.67. The van der Waals surface area contributed by atoms with Gasteiger partial charge in [0, 0.05) is 8.95 Å². The van der Waals surface area contributed by atoms with Crippen molar-refractivity contribution in [3.63, 3.8) is 0 Å². The summed E-state index contributed by atoms with van der Waals surface area (Å²) in [5, 5.41) is 5.83. The van der Waals surface area contributed by atoms with Gasteiger partial charge in [-0.05, 0) is 53.8 Å². The lowest BCUT2D eigenvalue weighted by Crippen LogP contribution is -2.23. The summed E-state index contributed by atoms with van der Waals surface area (Å²) in [5.41, 5.74) is 1.50. The van der Waals surface area contributed by atoms with E-state index in [1.807, 2.05) is 48.7 Å². The minimum Gasteiger partial charge on any atom is -0.458 e. The molecule has 22 heavy (non-hydrogen) atoms. The third-order valence-electron chi connectivity index (χ3n) is 3.07. The van der Waals surface area contributed by atoms with E-state index in [0.29, 0.717) is 17.9 Å². The number of carbonyl (C=O) groups excluding carboxylic acids is 1. The molecule has 1 amide bonds. The van der Waals surface area contributed by atoms with Crippen molar-refractivity contribution in [2.24, 2.45) is 0 Å². The van der Waals surface area contributed by atoms with Crippen molar-refractivity contribution >= 4 is 39.8 Å². The summed E-state index contributed by atoms with van der Waals surface area (Å²) >= 11 is 3.74. The quantitative estimate of drug-likeness (QED) is 0.638. The molecule has 0 aliphatic carbocycles. The zero-order valence-corrected chi connectivity index (χ0v) is 14.8. The Kier molecular flexibility index (Phi) is 4.58. The molecule has 0 aliphatic rings. The highest BCUT2D eigenvalue weighted by Gasteiger charge is 2.11. The molecule has 0 bridgehead atoms. The van der Waals surface area contributed by atoms with Crippen LogP contribution in [-0.4, -0.2) is 10.9 Å². The van der Waals surface area contributed by atoms with Gasteiger partial charge in [-0.2, -0.15) is 0 Å². The Balaban J connectivity index is 1.66. The molecule has 0 aliphatic heterocycles. The standard InChI is InChI=1S/C16H13IN2O2S/c1-10-19-14(9-22-10)15-7-6-11(21-15)8-18-16(20)12-4-2-3-5-13(12)17/h2-7,9H,8H2,1H3,(H,18,20). The lowest BCUT2D eigenvalue weighted by Gasteiger charge is -2.05. The minimum atomic E-state index is -0.104. The second-order valence-electron chi connectivity index (χ2n) is 4.68. The molecule has 112 valence electrons. The average molecular weight is 424 g/mol. The number of nitrogens with one attached hydrogen (secondary N) is 1. The lowest BCUT2D eigenvalue weighted by molar-refractivity contribution is 0.0947. The summed E-state index contributed by atoms with van der Waals surface area (Å²) in [6, 6.07) is 11.2. The number of hydrogen-bond acceptors (Lipinski definition) is 4. The van der Waals surface area contributed by atoms with Crippen molar-refractivity contribution in [1.29, 1.82) is 0 Å². The van der Waals surface area contributed by atoms with E-state index >= 15 is 0 Å². The van der Waals surface area contributed by atoms with Crippen LogP contribution in [0.2, 0.25) is 0 Å². The van der Waals surface area contributed by atoms with Crippen LogP contribution in [0.5, 0.6) is 0 Å². The predicted molar refractivity (Wildman–Crippen MR) is 94.9 cm³/mol. The Labute approximate surface area is 145 Å². The van der Waals surface area contributed by atoms with Crippen LogP contribution in [0.1, 0.15) is 21.1 Å². The number of benzene rings is 1. The van der Waals surface area contributed by atoms with Crippen LogP contribution >= 0.6 is 33.9 Å². The molecule has 6 heteroatoms. The summed E-state index contributed by atoms with van der Waals surface area (Å²) in [6.07, 6.45) is 0. The molecule has 0 unspecified atom stereocenters. The molecule has 3 rings (SSSR count). The molecule has 0 radical (unpaired) electrons. The fraction of sp³-hybridized carbons (Fsp3) is 0.125. The van der Waals surface area contributed by atoms with Gasteiger partial charge in [-0.3, -0.25) is 4.79 Å². The molecule has 2 aromatic heterocycles. The largest absolute Gasteiger partial charge is 0.458 e. The summed E-state index contributed by atoms with van der Waals surface area (Å²) in [5.74, 6) is 1.33. The first-order chi connectivity index (χ1) is 10.6. The van der Waals surface area contributed by atoms with Crippen LogP contribution in [0.4, 0.5) is 0 Å². The zero-order chi connectivity index (χ0) is 15.5. The SMILES string of the molecule is Cc1nc(-c2ccc(CNC(=O)c3ccccc3I)o2)cs1. The topological polar surface area (TPSA) is 55.1 Å². The van der Waals surface area contributed by atoms with E-state index in [1.54, 1.807) is 11.3 Å². The highest BCUT2D eigenvalue weighted by atomic mass is 127. The molecule has 0 saturated heterocycles. The zero-order valence-electron chi connectivity index (χ0n) is 11.8. The summed E-state index contributed by atoms with van der Waals surface area (Å²) in [7, 11) is 0. The molecule has 4 nitrogen and oxygen atoms in total. The molecule has 0 spiro atoms. The van der Waals surface area contributed by atoms with E-state index in [0.717, 1.165) is 20.0 Å². The maximum absolute atomic E-state index is 12.2. The van der Waals surface area contributed by atoms with Crippen molar-refractivity contribution in [2.75, 3.05) is 0 Å². The fourth-order valence-corrected chi connectivity index (χ4v) is 3.23. The number of furan rings is 1. The minimum absolute atomic E-state index is 0.104. The van der Waals surface area contributed by atoms with Gasteiger partial charge in [0.05, 0.1) is 17.1 Å². The van der Waals surface area contributed by atoms with Crippen molar-refractivity contribution in [1.82, 2.24) is 10.3 Å². The van der Waals surface area contributed by atoms with Gasteiger partial charge in [-0.25, -0.2) is 4.98 Å². The highest BCUT2D eigenvalue weighted by Crippen LogP contribution is 2.23. The van der Waals surface area contributed by atoms with Crippen LogP contribution in [-0.2, 0) is 6.54 Å². The Morgan fingerprint density at radius 2 is 2.14 bits per heavy atom. The van der Waals surface area contributed by atoms with E-state index in [2.05, 4.69) is 32.9 Å².